The molecule has 1 atom stereocenters. The molecular formula is C22H22BrCl2FN2O. The number of benzene rings is 2. The van der Waals surface area contributed by atoms with E-state index in [4.69, 9.17) is 23.2 Å². The average Bonchev–Trinajstić information content (AvgIpc) is 3.06. The maximum absolute atomic E-state index is 13.2. The summed E-state index contributed by atoms with van der Waals surface area (Å²) >= 11 is 16.7. The summed E-state index contributed by atoms with van der Waals surface area (Å²) in [6, 6.07) is 9.83. The zero-order chi connectivity index (χ0) is 20.5. The van der Waals surface area contributed by atoms with E-state index in [0.717, 1.165) is 49.0 Å². The molecule has 2 aromatic carbocycles. The van der Waals surface area contributed by atoms with Crippen LogP contribution in [0.15, 0.2) is 36.4 Å². The molecule has 29 heavy (non-hydrogen) atoms. The van der Waals surface area contributed by atoms with Crippen molar-refractivity contribution in [1.29, 1.82) is 0 Å². The number of rotatable bonds is 4. The lowest BCUT2D eigenvalue weighted by atomic mass is 10.0. The number of carbonyl (C=O) groups is 1. The van der Waals surface area contributed by atoms with Crippen molar-refractivity contribution in [2.75, 3.05) is 19.6 Å². The normalized spacial score (nSPS) is 21.2. The van der Waals surface area contributed by atoms with Crippen molar-refractivity contribution in [2.45, 2.75) is 36.7 Å². The molecule has 2 saturated heterocycles. The average molecular weight is 500 g/mol. The summed E-state index contributed by atoms with van der Waals surface area (Å²) in [5.74, 6) is -0.127. The highest BCUT2D eigenvalue weighted by Gasteiger charge is 2.37. The molecule has 154 valence electrons. The van der Waals surface area contributed by atoms with Crippen molar-refractivity contribution in [1.82, 2.24) is 9.80 Å². The molecule has 2 heterocycles. The number of halogens is 4. The van der Waals surface area contributed by atoms with E-state index in [1.165, 1.54) is 12.1 Å². The first kappa shape index (κ1) is 21.1. The Labute approximate surface area is 188 Å². The highest BCUT2D eigenvalue weighted by Crippen LogP contribution is 2.34. The van der Waals surface area contributed by atoms with Crippen molar-refractivity contribution in [2.24, 2.45) is 0 Å². The van der Waals surface area contributed by atoms with E-state index in [1.807, 2.05) is 17.0 Å². The molecule has 0 spiro atoms. The first-order valence-corrected chi connectivity index (χ1v) is 11.5. The van der Waals surface area contributed by atoms with E-state index in [0.29, 0.717) is 28.0 Å². The second-order valence-electron chi connectivity index (χ2n) is 7.70. The molecule has 2 fully saturated rings. The molecule has 7 heteroatoms. The van der Waals surface area contributed by atoms with E-state index in [2.05, 4.69) is 20.8 Å². The summed E-state index contributed by atoms with van der Waals surface area (Å²) in [5, 5.41) is 1.04. The largest absolute Gasteiger partial charge is 0.337 e. The molecule has 0 radical (unpaired) electrons. The highest BCUT2D eigenvalue weighted by molar-refractivity contribution is 9.09. The van der Waals surface area contributed by atoms with E-state index in [9.17, 15) is 9.18 Å². The molecule has 0 aromatic heterocycles. The van der Waals surface area contributed by atoms with E-state index in [-0.39, 0.29) is 17.8 Å². The second kappa shape index (κ2) is 8.93. The van der Waals surface area contributed by atoms with Crippen LogP contribution in [0.3, 0.4) is 0 Å². The van der Waals surface area contributed by atoms with Gasteiger partial charge in [0, 0.05) is 33.5 Å². The zero-order valence-electron chi connectivity index (χ0n) is 15.9. The van der Waals surface area contributed by atoms with Gasteiger partial charge >= 0.3 is 0 Å². The Morgan fingerprint density at radius 2 is 1.59 bits per heavy atom. The predicted octanol–water partition coefficient (Wildman–Crippen LogP) is 5.76. The summed E-state index contributed by atoms with van der Waals surface area (Å²) in [4.78, 5) is 17.7. The van der Waals surface area contributed by atoms with Gasteiger partial charge in [-0.3, -0.25) is 9.69 Å². The van der Waals surface area contributed by atoms with Crippen molar-refractivity contribution < 1.29 is 9.18 Å². The van der Waals surface area contributed by atoms with Crippen molar-refractivity contribution in [3.63, 3.8) is 0 Å². The molecule has 4 rings (SSSR count). The molecule has 0 aliphatic carbocycles. The third-order valence-corrected chi connectivity index (χ3v) is 7.43. The van der Waals surface area contributed by atoms with Crippen molar-refractivity contribution >= 4 is 45.0 Å². The Balaban J connectivity index is 1.48. The van der Waals surface area contributed by atoms with E-state index in [1.54, 1.807) is 12.1 Å². The summed E-state index contributed by atoms with van der Waals surface area (Å²) in [7, 11) is 0. The van der Waals surface area contributed by atoms with Crippen molar-refractivity contribution in [3.05, 3.63) is 57.8 Å². The fourth-order valence-electron chi connectivity index (χ4n) is 4.15. The number of carbonyl (C=O) groups excluding carboxylic acids is 1. The van der Waals surface area contributed by atoms with Gasteiger partial charge in [-0.15, -0.1) is 0 Å². The summed E-state index contributed by atoms with van der Waals surface area (Å²) in [5.41, 5.74) is 2.42. The van der Waals surface area contributed by atoms with Gasteiger partial charge in [0.15, 0.2) is 0 Å². The monoisotopic (exact) mass is 498 g/mol. The number of alkyl halides is 1. The number of amides is 1. The van der Waals surface area contributed by atoms with Gasteiger partial charge in [-0.05, 0) is 67.7 Å². The van der Waals surface area contributed by atoms with E-state index >= 15 is 0 Å². The molecule has 1 amide bonds. The third-order valence-electron chi connectivity index (χ3n) is 5.84. The van der Waals surface area contributed by atoms with Crippen LogP contribution in [0, 0.1) is 5.82 Å². The van der Waals surface area contributed by atoms with Gasteiger partial charge in [-0.25, -0.2) is 4.39 Å². The lowest BCUT2D eigenvalue weighted by Gasteiger charge is -2.33. The van der Waals surface area contributed by atoms with Crippen LogP contribution in [0.1, 0.15) is 24.8 Å². The standard InChI is InChI=1S/C22H22BrCl2FN2O/c23-16-5-8-27(9-6-16)21-7-10-28(22(21)29)13-18-19(24)11-15(12-20(18)25)14-1-3-17(26)4-2-14/h1-4,11-12,16,21H,5-10,13H2. The van der Waals surface area contributed by atoms with Gasteiger partial charge in [0.2, 0.25) is 5.91 Å². The first-order valence-electron chi connectivity index (χ1n) is 9.83. The molecule has 2 aliphatic rings. The lowest BCUT2D eigenvalue weighted by Crippen LogP contribution is -2.45. The van der Waals surface area contributed by atoms with Crippen LogP contribution in [-0.4, -0.2) is 46.2 Å². The zero-order valence-corrected chi connectivity index (χ0v) is 19.0. The van der Waals surface area contributed by atoms with Crippen LogP contribution < -0.4 is 0 Å². The summed E-state index contributed by atoms with van der Waals surface area (Å²) in [6.07, 6.45) is 2.99. The van der Waals surface area contributed by atoms with Gasteiger partial charge in [-0.1, -0.05) is 51.3 Å². The Kier molecular flexibility index (Phi) is 6.50. The number of hydrogen-bond acceptors (Lipinski definition) is 2. The molecule has 0 N–H and O–H groups in total. The Hall–Kier alpha value is -1.14. The molecule has 1 unspecified atom stereocenters. The maximum Gasteiger partial charge on any atom is 0.240 e. The minimum atomic E-state index is -0.287. The van der Waals surface area contributed by atoms with Gasteiger partial charge < -0.3 is 4.90 Å². The Morgan fingerprint density at radius 3 is 2.21 bits per heavy atom. The lowest BCUT2D eigenvalue weighted by molar-refractivity contribution is -0.132. The molecule has 2 aromatic rings. The third kappa shape index (κ3) is 4.63. The van der Waals surface area contributed by atoms with Crippen LogP contribution in [0.25, 0.3) is 11.1 Å². The van der Waals surface area contributed by atoms with Crippen LogP contribution in [0.4, 0.5) is 4.39 Å². The Morgan fingerprint density at radius 1 is 0.966 bits per heavy atom. The maximum atomic E-state index is 13.2. The summed E-state index contributed by atoms with van der Waals surface area (Å²) in [6.45, 7) is 3.03. The van der Waals surface area contributed by atoms with Crippen LogP contribution in [0.2, 0.25) is 10.0 Å². The summed E-state index contributed by atoms with van der Waals surface area (Å²) < 4.78 is 13.2. The number of hydrogen-bond donors (Lipinski definition) is 0. The number of likely N-dealkylation sites (tertiary alicyclic amines) is 2. The fourth-order valence-corrected chi connectivity index (χ4v) is 5.17. The Bertz CT molecular complexity index is 877. The van der Waals surface area contributed by atoms with E-state index < -0.39 is 0 Å². The van der Waals surface area contributed by atoms with Gasteiger partial charge in [0.1, 0.15) is 5.82 Å². The minimum absolute atomic E-state index is 0.0361. The first-order chi connectivity index (χ1) is 13.9. The van der Waals surface area contributed by atoms with Gasteiger partial charge in [0.25, 0.3) is 0 Å². The second-order valence-corrected chi connectivity index (χ2v) is 9.81. The van der Waals surface area contributed by atoms with Crippen LogP contribution >= 0.6 is 39.1 Å². The quantitative estimate of drug-likeness (QED) is 0.499. The molecule has 2 aliphatic heterocycles. The molecule has 3 nitrogen and oxygen atoms in total. The molecule has 0 saturated carbocycles. The number of nitrogens with zero attached hydrogens (tertiary/aromatic N) is 2. The molecule has 0 bridgehead atoms. The SMILES string of the molecule is O=C1C(N2CCC(Br)CC2)CCN1Cc1c(Cl)cc(-c2ccc(F)cc2)cc1Cl. The van der Waals surface area contributed by atoms with Gasteiger partial charge in [0.05, 0.1) is 6.04 Å². The highest BCUT2D eigenvalue weighted by atomic mass is 79.9. The molecular weight excluding hydrogens is 478 g/mol. The van der Waals surface area contributed by atoms with Crippen LogP contribution in [0.5, 0.6) is 0 Å². The van der Waals surface area contributed by atoms with Gasteiger partial charge in [-0.2, -0.15) is 0 Å². The number of piperidine rings is 1. The fraction of sp³-hybridized carbons (Fsp3) is 0.409. The topological polar surface area (TPSA) is 23.6 Å². The minimum Gasteiger partial charge on any atom is -0.337 e. The van der Waals surface area contributed by atoms with Crippen molar-refractivity contribution in [3.8, 4) is 11.1 Å². The smallest absolute Gasteiger partial charge is 0.240 e. The predicted molar refractivity (Wildman–Crippen MR) is 119 cm³/mol. The van der Waals surface area contributed by atoms with Crippen LogP contribution in [-0.2, 0) is 11.3 Å².